The first kappa shape index (κ1) is 14.2. The molecular formula is C16H19N3O. The molecule has 1 heterocycles. The number of hydrogen-bond donors (Lipinski definition) is 1. The van der Waals surface area contributed by atoms with E-state index in [2.05, 4.69) is 15.3 Å². The van der Waals surface area contributed by atoms with E-state index in [4.69, 9.17) is 0 Å². The van der Waals surface area contributed by atoms with Crippen molar-refractivity contribution in [3.63, 3.8) is 0 Å². The smallest absolute Gasteiger partial charge is 0.255 e. The number of benzene rings is 1. The van der Waals surface area contributed by atoms with Crippen molar-refractivity contribution in [1.82, 2.24) is 15.3 Å². The van der Waals surface area contributed by atoms with Gasteiger partial charge in [0.1, 0.15) is 5.82 Å². The number of carbonyl (C=O) groups excluding carboxylic acids is 1. The van der Waals surface area contributed by atoms with Crippen LogP contribution in [0, 0.1) is 20.8 Å². The van der Waals surface area contributed by atoms with E-state index in [1.807, 2.05) is 58.0 Å². The average Bonchev–Trinajstić information content (AvgIpc) is 2.38. The molecule has 2 aromatic rings. The van der Waals surface area contributed by atoms with Crippen molar-refractivity contribution in [2.24, 2.45) is 0 Å². The van der Waals surface area contributed by atoms with Gasteiger partial charge in [0.2, 0.25) is 0 Å². The molecule has 0 radical (unpaired) electrons. The number of aryl methyl sites for hydroxylation is 3. The quantitative estimate of drug-likeness (QED) is 0.932. The highest BCUT2D eigenvalue weighted by Gasteiger charge is 2.17. The summed E-state index contributed by atoms with van der Waals surface area (Å²) in [6, 6.07) is 9.82. The first-order valence-electron chi connectivity index (χ1n) is 6.66. The highest BCUT2D eigenvalue weighted by molar-refractivity contribution is 5.96. The van der Waals surface area contributed by atoms with E-state index in [9.17, 15) is 4.79 Å². The predicted molar refractivity (Wildman–Crippen MR) is 78.6 cm³/mol. The zero-order valence-electron chi connectivity index (χ0n) is 12.3. The Labute approximate surface area is 119 Å². The monoisotopic (exact) mass is 269 g/mol. The van der Waals surface area contributed by atoms with Crippen molar-refractivity contribution in [3.05, 3.63) is 58.7 Å². The minimum Gasteiger partial charge on any atom is -0.345 e. The summed E-state index contributed by atoms with van der Waals surface area (Å²) in [5.41, 5.74) is 3.07. The molecule has 0 aliphatic heterocycles. The van der Waals surface area contributed by atoms with E-state index in [0.717, 1.165) is 5.56 Å². The van der Waals surface area contributed by atoms with Crippen LogP contribution < -0.4 is 5.32 Å². The summed E-state index contributed by atoms with van der Waals surface area (Å²) in [7, 11) is 0. The molecule has 1 N–H and O–H groups in total. The van der Waals surface area contributed by atoms with Crippen LogP contribution in [0.25, 0.3) is 0 Å². The molecule has 0 spiro atoms. The van der Waals surface area contributed by atoms with E-state index >= 15 is 0 Å². The molecule has 4 nitrogen and oxygen atoms in total. The summed E-state index contributed by atoms with van der Waals surface area (Å²) in [6.45, 7) is 7.47. The molecule has 0 fully saturated rings. The zero-order valence-corrected chi connectivity index (χ0v) is 12.3. The molecule has 1 unspecified atom stereocenters. The highest BCUT2D eigenvalue weighted by Crippen LogP contribution is 2.15. The van der Waals surface area contributed by atoms with Crippen LogP contribution in [-0.4, -0.2) is 15.9 Å². The van der Waals surface area contributed by atoms with Gasteiger partial charge in [0.25, 0.3) is 5.91 Å². The number of nitrogens with zero attached hydrogens (tertiary/aromatic N) is 2. The van der Waals surface area contributed by atoms with Crippen molar-refractivity contribution >= 4 is 5.91 Å². The Morgan fingerprint density at radius 3 is 2.15 bits per heavy atom. The summed E-state index contributed by atoms with van der Waals surface area (Å²) < 4.78 is 0. The number of nitrogens with one attached hydrogen (secondary N) is 1. The number of amides is 1. The second-order valence-electron chi connectivity index (χ2n) is 4.92. The fraction of sp³-hybridized carbons (Fsp3) is 0.312. The van der Waals surface area contributed by atoms with Crippen LogP contribution in [0.1, 0.15) is 46.1 Å². The van der Waals surface area contributed by atoms with Gasteiger partial charge in [0.15, 0.2) is 0 Å². The lowest BCUT2D eigenvalue weighted by Gasteiger charge is -2.16. The van der Waals surface area contributed by atoms with Gasteiger partial charge < -0.3 is 5.32 Å². The summed E-state index contributed by atoms with van der Waals surface area (Å²) >= 11 is 0. The van der Waals surface area contributed by atoms with Crippen LogP contribution in [0.5, 0.6) is 0 Å². The van der Waals surface area contributed by atoms with Gasteiger partial charge in [0, 0.05) is 0 Å². The fourth-order valence-corrected chi connectivity index (χ4v) is 2.31. The van der Waals surface area contributed by atoms with Crippen LogP contribution in [-0.2, 0) is 0 Å². The minimum absolute atomic E-state index is 0.0520. The Balaban J connectivity index is 2.21. The number of aromatic nitrogens is 2. The van der Waals surface area contributed by atoms with Crippen LogP contribution in [0.2, 0.25) is 0 Å². The third-order valence-corrected chi connectivity index (χ3v) is 3.26. The Morgan fingerprint density at radius 2 is 1.60 bits per heavy atom. The topological polar surface area (TPSA) is 54.9 Å². The normalized spacial score (nSPS) is 12.0. The Hall–Kier alpha value is -2.23. The summed E-state index contributed by atoms with van der Waals surface area (Å²) in [5, 5.41) is 2.99. The standard InChI is InChI=1S/C16H19N3O/c1-10(14-8-6-5-7-9-14)19-16(20)15-11(2)17-13(4)18-12(15)3/h5-10H,1-4H3,(H,19,20). The average molecular weight is 269 g/mol. The maximum atomic E-state index is 12.4. The lowest BCUT2D eigenvalue weighted by molar-refractivity contribution is 0.0937. The van der Waals surface area contributed by atoms with Crippen LogP contribution in [0.15, 0.2) is 30.3 Å². The Bertz CT molecular complexity index is 600. The van der Waals surface area contributed by atoms with Crippen molar-refractivity contribution in [3.8, 4) is 0 Å². The Morgan fingerprint density at radius 1 is 1.05 bits per heavy atom. The van der Waals surface area contributed by atoms with Crippen LogP contribution in [0.4, 0.5) is 0 Å². The second-order valence-corrected chi connectivity index (χ2v) is 4.92. The van der Waals surface area contributed by atoms with Gasteiger partial charge in [-0.25, -0.2) is 9.97 Å². The fourth-order valence-electron chi connectivity index (χ4n) is 2.31. The molecule has 0 saturated carbocycles. The lowest BCUT2D eigenvalue weighted by Crippen LogP contribution is -2.28. The molecule has 4 heteroatoms. The number of hydrogen-bond acceptors (Lipinski definition) is 3. The SMILES string of the molecule is Cc1nc(C)c(C(=O)NC(C)c2ccccc2)c(C)n1. The minimum atomic E-state index is -0.128. The van der Waals surface area contributed by atoms with Crippen LogP contribution >= 0.6 is 0 Å². The summed E-state index contributed by atoms with van der Waals surface area (Å²) in [5.74, 6) is 0.559. The van der Waals surface area contributed by atoms with Crippen molar-refractivity contribution in [2.75, 3.05) is 0 Å². The number of rotatable bonds is 3. The van der Waals surface area contributed by atoms with Crippen molar-refractivity contribution in [1.29, 1.82) is 0 Å². The summed E-state index contributed by atoms with van der Waals surface area (Å²) in [4.78, 5) is 20.9. The van der Waals surface area contributed by atoms with Gasteiger partial charge in [-0.15, -0.1) is 0 Å². The third-order valence-electron chi connectivity index (χ3n) is 3.26. The highest BCUT2D eigenvalue weighted by atomic mass is 16.1. The molecule has 1 aromatic carbocycles. The summed E-state index contributed by atoms with van der Waals surface area (Å²) in [6.07, 6.45) is 0. The first-order chi connectivity index (χ1) is 9.49. The van der Waals surface area contributed by atoms with E-state index < -0.39 is 0 Å². The van der Waals surface area contributed by atoms with E-state index in [0.29, 0.717) is 22.8 Å². The van der Waals surface area contributed by atoms with Crippen LogP contribution in [0.3, 0.4) is 0 Å². The zero-order chi connectivity index (χ0) is 14.7. The first-order valence-corrected chi connectivity index (χ1v) is 6.66. The molecule has 20 heavy (non-hydrogen) atoms. The largest absolute Gasteiger partial charge is 0.345 e. The molecule has 0 bridgehead atoms. The Kier molecular flexibility index (Phi) is 4.13. The van der Waals surface area contributed by atoms with E-state index in [1.54, 1.807) is 0 Å². The van der Waals surface area contributed by atoms with Gasteiger partial charge >= 0.3 is 0 Å². The molecule has 1 amide bonds. The molecule has 104 valence electrons. The van der Waals surface area contributed by atoms with Gasteiger partial charge in [-0.05, 0) is 33.3 Å². The molecule has 2 rings (SSSR count). The van der Waals surface area contributed by atoms with Gasteiger partial charge in [0.05, 0.1) is 23.0 Å². The maximum absolute atomic E-state index is 12.4. The van der Waals surface area contributed by atoms with Crippen molar-refractivity contribution < 1.29 is 4.79 Å². The van der Waals surface area contributed by atoms with E-state index in [-0.39, 0.29) is 11.9 Å². The third kappa shape index (κ3) is 3.02. The molecular weight excluding hydrogens is 250 g/mol. The van der Waals surface area contributed by atoms with Gasteiger partial charge in [-0.2, -0.15) is 0 Å². The predicted octanol–water partition coefficient (Wildman–Crippen LogP) is 2.89. The second kappa shape index (κ2) is 5.82. The number of carbonyl (C=O) groups is 1. The molecule has 1 atom stereocenters. The molecule has 0 saturated heterocycles. The van der Waals surface area contributed by atoms with E-state index in [1.165, 1.54) is 0 Å². The van der Waals surface area contributed by atoms with Gasteiger partial charge in [-0.1, -0.05) is 30.3 Å². The molecule has 1 aromatic heterocycles. The maximum Gasteiger partial charge on any atom is 0.255 e. The van der Waals surface area contributed by atoms with Crippen molar-refractivity contribution in [2.45, 2.75) is 33.7 Å². The molecule has 0 aliphatic carbocycles. The van der Waals surface area contributed by atoms with Gasteiger partial charge in [-0.3, -0.25) is 4.79 Å². The molecule has 0 aliphatic rings. The lowest BCUT2D eigenvalue weighted by atomic mass is 10.1.